The number of H-pyrrole nitrogens is 1. The van der Waals surface area contributed by atoms with Crippen LogP contribution in [-0.4, -0.2) is 41.5 Å². The number of carbonyl (C=O) groups excluding carboxylic acids is 1. The molecule has 1 saturated heterocycles. The summed E-state index contributed by atoms with van der Waals surface area (Å²) < 4.78 is 19.3. The molecule has 0 saturated carbocycles. The van der Waals surface area contributed by atoms with Crippen LogP contribution in [0.3, 0.4) is 0 Å². The number of hydrogen-bond donors (Lipinski definition) is 1. The average molecular weight is 366 g/mol. The smallest absolute Gasteiger partial charge is 0.178 e. The Morgan fingerprint density at radius 1 is 1.22 bits per heavy atom. The summed E-state index contributed by atoms with van der Waals surface area (Å²) in [7, 11) is 0. The molecule has 1 atom stereocenters. The van der Waals surface area contributed by atoms with E-state index >= 15 is 0 Å². The number of aromatic amines is 1. The van der Waals surface area contributed by atoms with Crippen LogP contribution in [0.15, 0.2) is 54.7 Å². The molecule has 1 fully saturated rings. The van der Waals surface area contributed by atoms with E-state index in [1.165, 1.54) is 12.1 Å². The maximum atomic E-state index is 13.6. The Morgan fingerprint density at radius 2 is 2.11 bits per heavy atom. The van der Waals surface area contributed by atoms with E-state index in [1.54, 1.807) is 12.3 Å². The second-order valence-corrected chi connectivity index (χ2v) is 7.11. The minimum absolute atomic E-state index is 0.0573. The van der Waals surface area contributed by atoms with Gasteiger partial charge in [-0.05, 0) is 36.6 Å². The average Bonchev–Trinajstić information content (AvgIpc) is 3.31. The van der Waals surface area contributed by atoms with Crippen LogP contribution in [0.4, 0.5) is 4.39 Å². The van der Waals surface area contributed by atoms with E-state index in [9.17, 15) is 9.18 Å². The summed E-state index contributed by atoms with van der Waals surface area (Å²) in [6.07, 6.45) is 3.96. The van der Waals surface area contributed by atoms with Gasteiger partial charge in [0.25, 0.3) is 0 Å². The van der Waals surface area contributed by atoms with Gasteiger partial charge in [-0.2, -0.15) is 0 Å². The van der Waals surface area contributed by atoms with Crippen molar-refractivity contribution in [3.63, 3.8) is 0 Å². The third kappa shape index (κ3) is 4.26. The highest BCUT2D eigenvalue weighted by atomic mass is 19.1. The lowest BCUT2D eigenvalue weighted by molar-refractivity contribution is 0.0650. The molecule has 0 bridgehead atoms. The molecular weight excluding hydrogens is 343 g/mol. The molecule has 3 aromatic rings. The quantitative estimate of drug-likeness (QED) is 0.638. The molecule has 2 heterocycles. The van der Waals surface area contributed by atoms with Gasteiger partial charge >= 0.3 is 0 Å². The third-order valence-electron chi connectivity index (χ3n) is 5.04. The molecule has 1 N–H and O–H groups in total. The summed E-state index contributed by atoms with van der Waals surface area (Å²) in [6.45, 7) is 2.24. The van der Waals surface area contributed by atoms with Crippen LogP contribution >= 0.6 is 0 Å². The number of hydrogen-bond acceptors (Lipinski definition) is 3. The van der Waals surface area contributed by atoms with Gasteiger partial charge < -0.3 is 9.72 Å². The van der Waals surface area contributed by atoms with Gasteiger partial charge in [0.1, 0.15) is 5.82 Å². The number of ether oxygens (including phenoxy) is 1. The predicted octanol–water partition coefficient (Wildman–Crippen LogP) is 4.17. The number of Topliss-reactive ketones (excluding diaryl/α,β-unsaturated/α-hetero) is 1. The number of para-hydroxylation sites is 1. The van der Waals surface area contributed by atoms with E-state index < -0.39 is 0 Å². The Morgan fingerprint density at radius 3 is 2.93 bits per heavy atom. The van der Waals surface area contributed by atoms with E-state index in [2.05, 4.69) is 9.88 Å². The van der Waals surface area contributed by atoms with E-state index in [0.29, 0.717) is 18.7 Å². The molecule has 4 rings (SSSR count). The molecule has 0 amide bonds. The van der Waals surface area contributed by atoms with Crippen molar-refractivity contribution in [2.75, 3.05) is 19.7 Å². The summed E-state index contributed by atoms with van der Waals surface area (Å²) in [5.74, 6) is -0.200. The topological polar surface area (TPSA) is 45.3 Å². The zero-order valence-electron chi connectivity index (χ0n) is 15.2. The molecule has 27 heavy (non-hydrogen) atoms. The molecule has 140 valence electrons. The van der Waals surface area contributed by atoms with Crippen LogP contribution in [0.2, 0.25) is 0 Å². The van der Waals surface area contributed by atoms with E-state index in [0.717, 1.165) is 35.9 Å². The van der Waals surface area contributed by atoms with Crippen molar-refractivity contribution < 1.29 is 13.9 Å². The molecule has 1 aliphatic heterocycles. The lowest BCUT2D eigenvalue weighted by Crippen LogP contribution is -2.35. The van der Waals surface area contributed by atoms with Crippen molar-refractivity contribution in [3.05, 3.63) is 71.7 Å². The standard InChI is InChI=1S/C22H23FN2O2/c23-17-6-3-5-16(11-17)13-25(14-18-7-4-10-27-18)15-22(26)20-12-24-21-9-2-1-8-19(20)21/h1-3,5-6,8-9,11-12,18,24H,4,7,10,13-15H2. The normalized spacial score (nSPS) is 17.0. The Balaban J connectivity index is 1.53. The second kappa shape index (κ2) is 8.03. The number of aromatic nitrogens is 1. The highest BCUT2D eigenvalue weighted by Crippen LogP contribution is 2.20. The minimum Gasteiger partial charge on any atom is -0.377 e. The monoisotopic (exact) mass is 366 g/mol. The Bertz CT molecular complexity index is 931. The molecule has 4 nitrogen and oxygen atoms in total. The number of nitrogens with zero attached hydrogens (tertiary/aromatic N) is 1. The molecular formula is C22H23FN2O2. The second-order valence-electron chi connectivity index (χ2n) is 7.11. The van der Waals surface area contributed by atoms with Gasteiger partial charge in [0.15, 0.2) is 5.78 Å². The molecule has 5 heteroatoms. The Kier molecular flexibility index (Phi) is 5.32. The highest BCUT2D eigenvalue weighted by molar-refractivity contribution is 6.08. The van der Waals surface area contributed by atoms with Crippen molar-refractivity contribution >= 4 is 16.7 Å². The largest absolute Gasteiger partial charge is 0.377 e. The SMILES string of the molecule is O=C(CN(Cc1cccc(F)c1)CC1CCCO1)c1c[nH]c2ccccc12. The van der Waals surface area contributed by atoms with Gasteiger partial charge in [0, 0.05) is 42.4 Å². The highest BCUT2D eigenvalue weighted by Gasteiger charge is 2.22. The van der Waals surface area contributed by atoms with Gasteiger partial charge in [0.2, 0.25) is 0 Å². The zero-order valence-corrected chi connectivity index (χ0v) is 15.2. The van der Waals surface area contributed by atoms with Crippen LogP contribution in [0, 0.1) is 5.82 Å². The minimum atomic E-state index is -0.257. The maximum absolute atomic E-state index is 13.6. The lowest BCUT2D eigenvalue weighted by Gasteiger charge is -2.24. The first-order valence-corrected chi connectivity index (χ1v) is 9.37. The van der Waals surface area contributed by atoms with E-state index in [-0.39, 0.29) is 24.2 Å². The number of ketones is 1. The fraction of sp³-hybridized carbons (Fsp3) is 0.318. The van der Waals surface area contributed by atoms with Gasteiger partial charge in [-0.3, -0.25) is 9.69 Å². The van der Waals surface area contributed by atoms with Crippen molar-refractivity contribution in [2.45, 2.75) is 25.5 Å². The van der Waals surface area contributed by atoms with Crippen LogP contribution in [-0.2, 0) is 11.3 Å². The first-order chi connectivity index (χ1) is 13.2. The number of fused-ring (bicyclic) bond motifs is 1. The maximum Gasteiger partial charge on any atom is 0.178 e. The van der Waals surface area contributed by atoms with Crippen LogP contribution in [0.5, 0.6) is 0 Å². The van der Waals surface area contributed by atoms with Crippen molar-refractivity contribution in [1.82, 2.24) is 9.88 Å². The summed E-state index contributed by atoms with van der Waals surface area (Å²) in [6, 6.07) is 14.4. The van der Waals surface area contributed by atoms with Gasteiger partial charge in [-0.15, -0.1) is 0 Å². The van der Waals surface area contributed by atoms with Crippen LogP contribution < -0.4 is 0 Å². The van der Waals surface area contributed by atoms with E-state index in [4.69, 9.17) is 4.74 Å². The number of carbonyl (C=O) groups is 1. The summed E-state index contributed by atoms with van der Waals surface area (Å²) in [5, 5.41) is 0.935. The fourth-order valence-corrected chi connectivity index (χ4v) is 3.75. The number of rotatable bonds is 7. The predicted molar refractivity (Wildman–Crippen MR) is 103 cm³/mol. The summed E-state index contributed by atoms with van der Waals surface area (Å²) in [4.78, 5) is 18.2. The Hall–Kier alpha value is -2.50. The third-order valence-corrected chi connectivity index (χ3v) is 5.04. The summed E-state index contributed by atoms with van der Waals surface area (Å²) in [5.41, 5.74) is 2.51. The van der Waals surface area contributed by atoms with Crippen molar-refractivity contribution in [2.24, 2.45) is 0 Å². The van der Waals surface area contributed by atoms with Crippen LogP contribution in [0.25, 0.3) is 10.9 Å². The van der Waals surface area contributed by atoms with E-state index in [1.807, 2.05) is 30.3 Å². The van der Waals surface area contributed by atoms with Gasteiger partial charge in [-0.25, -0.2) is 4.39 Å². The van der Waals surface area contributed by atoms with Crippen LogP contribution in [0.1, 0.15) is 28.8 Å². The van der Waals surface area contributed by atoms with Crippen molar-refractivity contribution in [1.29, 1.82) is 0 Å². The fourth-order valence-electron chi connectivity index (χ4n) is 3.75. The summed E-state index contributed by atoms with van der Waals surface area (Å²) >= 11 is 0. The van der Waals surface area contributed by atoms with Gasteiger partial charge in [0.05, 0.1) is 12.6 Å². The van der Waals surface area contributed by atoms with Crippen molar-refractivity contribution in [3.8, 4) is 0 Å². The molecule has 2 aromatic carbocycles. The molecule has 1 aliphatic rings. The molecule has 0 spiro atoms. The van der Waals surface area contributed by atoms with Gasteiger partial charge in [-0.1, -0.05) is 30.3 Å². The Labute approximate surface area is 157 Å². The molecule has 1 unspecified atom stereocenters. The lowest BCUT2D eigenvalue weighted by atomic mass is 10.1. The number of nitrogens with one attached hydrogen (secondary N) is 1. The molecule has 1 aromatic heterocycles. The molecule has 0 aliphatic carbocycles. The number of benzene rings is 2. The zero-order chi connectivity index (χ0) is 18.6. The first-order valence-electron chi connectivity index (χ1n) is 9.37. The molecule has 0 radical (unpaired) electrons. The first kappa shape index (κ1) is 17.9. The number of halogens is 1.